The van der Waals surface area contributed by atoms with Crippen LogP contribution in [0.1, 0.15) is 11.3 Å². The normalized spacial score (nSPS) is 11.7. The van der Waals surface area contributed by atoms with Crippen molar-refractivity contribution in [2.24, 2.45) is 10.9 Å². The van der Waals surface area contributed by atoms with Crippen molar-refractivity contribution in [1.82, 2.24) is 20.2 Å². The fourth-order valence-electron chi connectivity index (χ4n) is 1.86. The van der Waals surface area contributed by atoms with Crippen molar-refractivity contribution in [2.45, 2.75) is 6.18 Å². The minimum absolute atomic E-state index is 0. The van der Waals surface area contributed by atoms with Crippen LogP contribution in [-0.2, 0) is 6.18 Å². The Morgan fingerprint density at radius 1 is 1.11 bits per heavy atom. The summed E-state index contributed by atoms with van der Waals surface area (Å²) in [6, 6.07) is 5.05. The fourth-order valence-corrected chi connectivity index (χ4v) is 1.86. The van der Waals surface area contributed by atoms with Crippen LogP contribution < -0.4 is 11.1 Å². The third-order valence-electron chi connectivity index (χ3n) is 3.12. The van der Waals surface area contributed by atoms with Gasteiger partial charge in [-0.1, -0.05) is 10.3 Å². The first-order valence-corrected chi connectivity index (χ1v) is 6.95. The molecule has 142 valence electrons. The van der Waals surface area contributed by atoms with Crippen LogP contribution in [0, 0.1) is 0 Å². The molecule has 0 atom stereocenters. The lowest BCUT2D eigenvalue weighted by atomic mass is 10.2. The average molecular weight is 402 g/mol. The second-order valence-corrected chi connectivity index (χ2v) is 4.88. The Morgan fingerprint density at radius 2 is 1.89 bits per heavy atom. The lowest BCUT2D eigenvalue weighted by Crippen LogP contribution is -2.14. The maximum absolute atomic E-state index is 12.5. The van der Waals surface area contributed by atoms with Gasteiger partial charge in [0.25, 0.3) is 5.89 Å². The highest BCUT2D eigenvalue weighted by atomic mass is 35.5. The van der Waals surface area contributed by atoms with Gasteiger partial charge < -0.3 is 20.7 Å². The molecule has 4 N–H and O–H groups in total. The first-order valence-electron chi connectivity index (χ1n) is 6.95. The van der Waals surface area contributed by atoms with Crippen molar-refractivity contribution < 1.29 is 22.8 Å². The summed E-state index contributed by atoms with van der Waals surface area (Å²) in [5.74, 6) is -0.201. The molecule has 0 aliphatic carbocycles. The Hall–Kier alpha value is -3.41. The van der Waals surface area contributed by atoms with Crippen LogP contribution in [0.2, 0.25) is 0 Å². The summed E-state index contributed by atoms with van der Waals surface area (Å²) in [4.78, 5) is 7.63. The third kappa shape index (κ3) is 4.61. The highest BCUT2D eigenvalue weighted by Gasteiger charge is 2.30. The Bertz CT molecular complexity index is 927. The number of nitrogens with two attached hydrogens (primary N) is 1. The molecule has 3 aromatic rings. The molecule has 0 aromatic carbocycles. The van der Waals surface area contributed by atoms with Gasteiger partial charge in [0, 0.05) is 6.20 Å². The lowest BCUT2D eigenvalue weighted by molar-refractivity contribution is -0.137. The Morgan fingerprint density at radius 3 is 2.44 bits per heavy atom. The predicted molar refractivity (Wildman–Crippen MR) is 89.8 cm³/mol. The van der Waals surface area contributed by atoms with Gasteiger partial charge in [-0.2, -0.15) is 13.2 Å². The van der Waals surface area contributed by atoms with E-state index in [4.69, 9.17) is 15.4 Å². The van der Waals surface area contributed by atoms with Gasteiger partial charge in [-0.15, -0.1) is 17.5 Å². The number of pyridine rings is 2. The van der Waals surface area contributed by atoms with Crippen LogP contribution in [0.25, 0.3) is 11.6 Å². The second kappa shape index (κ2) is 7.86. The molecule has 0 saturated carbocycles. The number of alkyl halides is 3. The van der Waals surface area contributed by atoms with Crippen LogP contribution in [0.4, 0.5) is 24.9 Å². The SMILES string of the molecule is Cl.NC(=NO)c1ccc(Nc2nnc(-c3ccc(C(F)(F)F)cn3)o2)cn1. The quantitative estimate of drug-likeness (QED) is 0.263. The number of nitrogens with zero attached hydrogens (tertiary/aromatic N) is 5. The highest BCUT2D eigenvalue weighted by Crippen LogP contribution is 2.29. The van der Waals surface area contributed by atoms with E-state index in [0.717, 1.165) is 12.1 Å². The van der Waals surface area contributed by atoms with Crippen LogP contribution in [0.3, 0.4) is 0 Å². The van der Waals surface area contributed by atoms with Crippen molar-refractivity contribution in [3.05, 3.63) is 47.9 Å². The van der Waals surface area contributed by atoms with Crippen molar-refractivity contribution in [2.75, 3.05) is 5.32 Å². The monoisotopic (exact) mass is 401 g/mol. The summed E-state index contributed by atoms with van der Waals surface area (Å²) in [6.45, 7) is 0. The molecular formula is C14H11ClF3N7O2. The number of oxime groups is 1. The van der Waals surface area contributed by atoms with Gasteiger partial charge in [0.2, 0.25) is 0 Å². The van der Waals surface area contributed by atoms with E-state index in [9.17, 15) is 13.2 Å². The van der Waals surface area contributed by atoms with Gasteiger partial charge in [0.1, 0.15) is 11.4 Å². The lowest BCUT2D eigenvalue weighted by Gasteiger charge is -2.05. The number of halogens is 4. The van der Waals surface area contributed by atoms with E-state index < -0.39 is 11.7 Å². The molecule has 0 aliphatic heterocycles. The van der Waals surface area contributed by atoms with E-state index in [1.54, 1.807) is 6.07 Å². The number of hydrogen-bond donors (Lipinski definition) is 3. The first-order chi connectivity index (χ1) is 12.4. The highest BCUT2D eigenvalue weighted by molar-refractivity contribution is 5.95. The van der Waals surface area contributed by atoms with Gasteiger partial charge >= 0.3 is 12.2 Å². The summed E-state index contributed by atoms with van der Waals surface area (Å²) in [5.41, 5.74) is 5.35. The predicted octanol–water partition coefficient (Wildman–Crippen LogP) is 2.81. The third-order valence-corrected chi connectivity index (χ3v) is 3.12. The Balaban J connectivity index is 0.00000261. The molecule has 3 heterocycles. The second-order valence-electron chi connectivity index (χ2n) is 4.88. The molecule has 0 fully saturated rings. The van der Waals surface area contributed by atoms with Crippen molar-refractivity contribution in [3.63, 3.8) is 0 Å². The fraction of sp³-hybridized carbons (Fsp3) is 0.0714. The first kappa shape index (κ1) is 19.9. The van der Waals surface area contributed by atoms with Crippen molar-refractivity contribution in [1.29, 1.82) is 0 Å². The summed E-state index contributed by atoms with van der Waals surface area (Å²) in [7, 11) is 0. The average Bonchev–Trinajstić information content (AvgIpc) is 3.09. The van der Waals surface area contributed by atoms with E-state index in [2.05, 4.69) is 30.6 Å². The minimum Gasteiger partial charge on any atom is -0.409 e. The molecule has 3 rings (SSSR count). The standard InChI is InChI=1S/C14H10F3N7O2.ClH/c15-14(16,17)7-1-3-10(19-5-7)12-22-23-13(26-12)21-8-2-4-9(20-6-8)11(18)24-25;/h1-6,25H,(H2,18,24)(H,21,23);1H. The van der Waals surface area contributed by atoms with E-state index >= 15 is 0 Å². The van der Waals surface area contributed by atoms with Gasteiger partial charge in [0.15, 0.2) is 5.84 Å². The van der Waals surface area contributed by atoms with Gasteiger partial charge in [-0.25, -0.2) is 0 Å². The van der Waals surface area contributed by atoms with E-state index in [1.807, 2.05) is 0 Å². The molecule has 0 spiro atoms. The summed E-state index contributed by atoms with van der Waals surface area (Å²) >= 11 is 0. The largest absolute Gasteiger partial charge is 0.417 e. The number of anilines is 2. The Labute approximate surface area is 155 Å². The number of amidine groups is 1. The number of hydrogen-bond acceptors (Lipinski definition) is 8. The van der Waals surface area contributed by atoms with Crippen LogP contribution in [0.15, 0.2) is 46.2 Å². The maximum atomic E-state index is 12.5. The molecule has 27 heavy (non-hydrogen) atoms. The molecular weight excluding hydrogens is 391 g/mol. The molecule has 0 saturated heterocycles. The molecule has 0 amide bonds. The van der Waals surface area contributed by atoms with Gasteiger partial charge in [-0.05, 0) is 24.3 Å². The van der Waals surface area contributed by atoms with Crippen LogP contribution in [0.5, 0.6) is 0 Å². The summed E-state index contributed by atoms with van der Waals surface area (Å²) < 4.78 is 42.9. The number of aromatic nitrogens is 4. The minimum atomic E-state index is -4.48. The molecule has 0 radical (unpaired) electrons. The van der Waals surface area contributed by atoms with Gasteiger partial charge in [0.05, 0.1) is 17.4 Å². The zero-order valence-electron chi connectivity index (χ0n) is 13.2. The number of nitrogens with one attached hydrogen (secondary N) is 1. The summed E-state index contributed by atoms with van der Waals surface area (Å²) in [5, 5.41) is 21.6. The van der Waals surface area contributed by atoms with Crippen LogP contribution in [-0.4, -0.2) is 31.2 Å². The van der Waals surface area contributed by atoms with Crippen molar-refractivity contribution in [3.8, 4) is 11.6 Å². The summed E-state index contributed by atoms with van der Waals surface area (Å²) in [6.07, 6.45) is -2.41. The van der Waals surface area contributed by atoms with Gasteiger partial charge in [-0.3, -0.25) is 9.97 Å². The Kier molecular flexibility index (Phi) is 5.80. The van der Waals surface area contributed by atoms with E-state index in [-0.39, 0.29) is 41.5 Å². The zero-order valence-corrected chi connectivity index (χ0v) is 14.0. The molecule has 3 aromatic heterocycles. The smallest absolute Gasteiger partial charge is 0.409 e. The molecule has 9 nitrogen and oxygen atoms in total. The van der Waals surface area contributed by atoms with E-state index in [1.165, 1.54) is 12.3 Å². The molecule has 0 bridgehead atoms. The zero-order chi connectivity index (χ0) is 18.7. The maximum Gasteiger partial charge on any atom is 0.417 e. The molecule has 0 aliphatic rings. The number of rotatable bonds is 4. The van der Waals surface area contributed by atoms with Crippen LogP contribution >= 0.6 is 12.4 Å². The van der Waals surface area contributed by atoms with E-state index in [0.29, 0.717) is 11.9 Å². The molecule has 13 heteroatoms. The molecule has 0 unspecified atom stereocenters. The topological polar surface area (TPSA) is 135 Å². The van der Waals surface area contributed by atoms with Crippen molar-refractivity contribution >= 4 is 29.9 Å².